The number of carbonyl (C=O) groups excluding carboxylic acids is 2. The quantitative estimate of drug-likeness (QED) is 0.497. The number of aromatic nitrogens is 5. The number of hydrogen-bond acceptors (Lipinski definition) is 7. The van der Waals surface area contributed by atoms with Gasteiger partial charge in [0.2, 0.25) is 0 Å². The van der Waals surface area contributed by atoms with E-state index in [4.69, 9.17) is 4.52 Å². The third-order valence-corrected chi connectivity index (χ3v) is 5.25. The minimum absolute atomic E-state index is 0.00325. The van der Waals surface area contributed by atoms with E-state index in [1.54, 1.807) is 31.2 Å². The van der Waals surface area contributed by atoms with Crippen molar-refractivity contribution in [2.75, 3.05) is 0 Å². The fraction of sp³-hybridized carbons (Fsp3) is 0.143. The van der Waals surface area contributed by atoms with Crippen molar-refractivity contribution < 1.29 is 14.1 Å². The second-order valence-electron chi connectivity index (χ2n) is 7.30. The van der Waals surface area contributed by atoms with Crippen LogP contribution in [-0.2, 0) is 16.9 Å². The van der Waals surface area contributed by atoms with Crippen LogP contribution in [0, 0.1) is 0 Å². The maximum atomic E-state index is 13.3. The molecule has 0 saturated carbocycles. The lowest BCUT2D eigenvalue weighted by molar-refractivity contribution is -0.131. The van der Waals surface area contributed by atoms with E-state index < -0.39 is 11.6 Å². The first-order chi connectivity index (χ1) is 15.0. The molecule has 0 aliphatic carbocycles. The standard InChI is InChI=1S/C21H17N7O3/c1-21(15-8-5-9-17(10-15)28-13-22-25-26-28)19(29)27(20(30)23-21)12-16-11-18(31-24-16)14-6-3-2-4-7-14/h2-11,13H,12H2,1H3,(H,23,30). The van der Waals surface area contributed by atoms with E-state index in [1.165, 1.54) is 11.0 Å². The van der Waals surface area contributed by atoms with Gasteiger partial charge in [-0.2, -0.15) is 0 Å². The van der Waals surface area contributed by atoms with Gasteiger partial charge in [0, 0.05) is 11.6 Å². The zero-order valence-corrected chi connectivity index (χ0v) is 16.5. The molecule has 1 atom stereocenters. The van der Waals surface area contributed by atoms with Crippen LogP contribution in [0.25, 0.3) is 17.0 Å². The van der Waals surface area contributed by atoms with Gasteiger partial charge in [0.25, 0.3) is 5.91 Å². The van der Waals surface area contributed by atoms with Crippen molar-refractivity contribution in [1.82, 2.24) is 35.6 Å². The van der Waals surface area contributed by atoms with Gasteiger partial charge in [-0.1, -0.05) is 47.6 Å². The number of amides is 3. The molecule has 31 heavy (non-hydrogen) atoms. The summed E-state index contributed by atoms with van der Waals surface area (Å²) < 4.78 is 6.86. The van der Waals surface area contributed by atoms with Crippen LogP contribution in [0.4, 0.5) is 4.79 Å². The average molecular weight is 415 g/mol. The Morgan fingerprint density at radius 2 is 1.90 bits per heavy atom. The van der Waals surface area contributed by atoms with Gasteiger partial charge < -0.3 is 9.84 Å². The van der Waals surface area contributed by atoms with Gasteiger partial charge in [-0.25, -0.2) is 9.48 Å². The molecule has 1 saturated heterocycles. The topological polar surface area (TPSA) is 119 Å². The van der Waals surface area contributed by atoms with E-state index in [1.807, 2.05) is 36.4 Å². The Morgan fingerprint density at radius 3 is 2.68 bits per heavy atom. The van der Waals surface area contributed by atoms with Crippen LogP contribution in [0.15, 0.2) is 71.5 Å². The van der Waals surface area contributed by atoms with Crippen LogP contribution in [0.3, 0.4) is 0 Å². The Labute approximate surface area is 176 Å². The first kappa shape index (κ1) is 18.7. The average Bonchev–Trinajstić information content (AvgIpc) is 3.53. The molecule has 154 valence electrons. The van der Waals surface area contributed by atoms with Gasteiger partial charge in [-0.3, -0.25) is 9.69 Å². The molecular weight excluding hydrogens is 398 g/mol. The van der Waals surface area contributed by atoms with Crippen LogP contribution in [-0.4, -0.2) is 42.2 Å². The number of tetrazole rings is 1. The number of imide groups is 1. The monoisotopic (exact) mass is 415 g/mol. The third-order valence-electron chi connectivity index (χ3n) is 5.25. The van der Waals surface area contributed by atoms with Crippen LogP contribution in [0.1, 0.15) is 18.2 Å². The number of nitrogens with zero attached hydrogens (tertiary/aromatic N) is 6. The van der Waals surface area contributed by atoms with Crippen molar-refractivity contribution >= 4 is 11.9 Å². The maximum Gasteiger partial charge on any atom is 0.325 e. The molecule has 0 bridgehead atoms. The Balaban J connectivity index is 1.40. The van der Waals surface area contributed by atoms with E-state index in [2.05, 4.69) is 26.0 Å². The van der Waals surface area contributed by atoms with E-state index >= 15 is 0 Å². The molecule has 2 aromatic carbocycles. The molecule has 1 aliphatic heterocycles. The Hall–Kier alpha value is -4.34. The molecule has 0 spiro atoms. The fourth-order valence-electron chi connectivity index (χ4n) is 3.56. The van der Waals surface area contributed by atoms with Crippen LogP contribution >= 0.6 is 0 Å². The van der Waals surface area contributed by atoms with Crippen molar-refractivity contribution in [3.8, 4) is 17.0 Å². The summed E-state index contributed by atoms with van der Waals surface area (Å²) in [5.74, 6) is 0.190. The van der Waals surface area contributed by atoms with Crippen molar-refractivity contribution in [2.45, 2.75) is 19.0 Å². The zero-order chi connectivity index (χ0) is 21.4. The molecule has 1 fully saturated rings. The molecule has 5 rings (SSSR count). The fourth-order valence-corrected chi connectivity index (χ4v) is 3.56. The second-order valence-corrected chi connectivity index (χ2v) is 7.30. The number of rotatable bonds is 5. The first-order valence-corrected chi connectivity index (χ1v) is 9.53. The number of urea groups is 1. The Kier molecular flexibility index (Phi) is 4.32. The predicted molar refractivity (Wildman–Crippen MR) is 108 cm³/mol. The highest BCUT2D eigenvalue weighted by atomic mass is 16.5. The van der Waals surface area contributed by atoms with Gasteiger partial charge in [0.15, 0.2) is 5.76 Å². The second kappa shape index (κ2) is 7.17. The van der Waals surface area contributed by atoms with Crippen LogP contribution in [0.5, 0.6) is 0 Å². The largest absolute Gasteiger partial charge is 0.356 e. The van der Waals surface area contributed by atoms with Gasteiger partial charge in [0.05, 0.1) is 12.2 Å². The number of benzene rings is 2. The summed E-state index contributed by atoms with van der Waals surface area (Å²) in [6.07, 6.45) is 1.46. The third kappa shape index (κ3) is 3.23. The van der Waals surface area contributed by atoms with E-state index in [9.17, 15) is 9.59 Å². The van der Waals surface area contributed by atoms with Crippen LogP contribution < -0.4 is 5.32 Å². The number of carbonyl (C=O) groups is 2. The highest BCUT2D eigenvalue weighted by Gasteiger charge is 2.49. The highest BCUT2D eigenvalue weighted by molar-refractivity contribution is 6.07. The summed E-state index contributed by atoms with van der Waals surface area (Å²) in [5.41, 5.74) is 1.41. The molecular formula is C21H17N7O3. The summed E-state index contributed by atoms with van der Waals surface area (Å²) in [7, 11) is 0. The Bertz CT molecular complexity index is 1250. The molecule has 2 aromatic heterocycles. The predicted octanol–water partition coefficient (Wildman–Crippen LogP) is 2.28. The number of hydrogen-bond donors (Lipinski definition) is 1. The summed E-state index contributed by atoms with van der Waals surface area (Å²) >= 11 is 0. The normalized spacial score (nSPS) is 18.4. The van der Waals surface area contributed by atoms with E-state index in [0.29, 0.717) is 22.7 Å². The first-order valence-electron chi connectivity index (χ1n) is 9.53. The molecule has 4 aromatic rings. The van der Waals surface area contributed by atoms with Crippen molar-refractivity contribution in [2.24, 2.45) is 0 Å². The van der Waals surface area contributed by atoms with Gasteiger partial charge in [-0.15, -0.1) is 5.10 Å². The molecule has 0 radical (unpaired) electrons. The van der Waals surface area contributed by atoms with Crippen LogP contribution in [0.2, 0.25) is 0 Å². The molecule has 10 nitrogen and oxygen atoms in total. The van der Waals surface area contributed by atoms with E-state index in [0.717, 1.165) is 10.5 Å². The smallest absolute Gasteiger partial charge is 0.325 e. The zero-order valence-electron chi connectivity index (χ0n) is 16.5. The lowest BCUT2D eigenvalue weighted by Crippen LogP contribution is -2.40. The van der Waals surface area contributed by atoms with Crippen molar-refractivity contribution in [1.29, 1.82) is 0 Å². The SMILES string of the molecule is CC1(c2cccc(-n3cnnn3)c2)NC(=O)N(Cc2cc(-c3ccccc3)on2)C1=O. The Morgan fingerprint density at radius 1 is 1.06 bits per heavy atom. The highest BCUT2D eigenvalue weighted by Crippen LogP contribution is 2.31. The van der Waals surface area contributed by atoms with E-state index in [-0.39, 0.29) is 12.5 Å². The van der Waals surface area contributed by atoms with Gasteiger partial charge >= 0.3 is 6.03 Å². The summed E-state index contributed by atoms with van der Waals surface area (Å²) in [6, 6.07) is 17.8. The maximum absolute atomic E-state index is 13.3. The lowest BCUT2D eigenvalue weighted by Gasteiger charge is -2.22. The molecule has 1 aliphatic rings. The summed E-state index contributed by atoms with van der Waals surface area (Å²) in [5, 5.41) is 17.9. The summed E-state index contributed by atoms with van der Waals surface area (Å²) in [4.78, 5) is 27.1. The molecule has 3 amide bonds. The summed E-state index contributed by atoms with van der Waals surface area (Å²) in [6.45, 7) is 1.67. The molecule has 1 N–H and O–H groups in total. The van der Waals surface area contributed by atoms with Crippen molar-refractivity contribution in [3.05, 3.63) is 78.2 Å². The number of nitrogens with one attached hydrogen (secondary N) is 1. The van der Waals surface area contributed by atoms with Crippen molar-refractivity contribution in [3.63, 3.8) is 0 Å². The lowest BCUT2D eigenvalue weighted by atomic mass is 9.91. The van der Waals surface area contributed by atoms with Gasteiger partial charge in [-0.05, 0) is 35.0 Å². The minimum Gasteiger partial charge on any atom is -0.356 e. The van der Waals surface area contributed by atoms with Gasteiger partial charge in [0.1, 0.15) is 17.6 Å². The molecule has 10 heteroatoms. The molecule has 1 unspecified atom stereocenters. The molecule has 3 heterocycles. The minimum atomic E-state index is -1.23.